The molecule has 0 unspecified atom stereocenters. The first-order valence-electron chi connectivity index (χ1n) is 5.79. The van der Waals surface area contributed by atoms with Gasteiger partial charge in [-0.2, -0.15) is 5.06 Å². The number of carbonyl (C=O) groups excluding carboxylic acids is 1. The molecule has 0 saturated carbocycles. The van der Waals surface area contributed by atoms with Crippen LogP contribution in [0, 0.1) is 5.82 Å². The molecule has 0 spiro atoms. The SMILES string of the molecule is O=C1CN(c2c(Cl)cccc2Cl)Oc2cccc(F)c21. The highest BCUT2D eigenvalue weighted by Crippen LogP contribution is 2.37. The molecule has 6 heteroatoms. The van der Waals surface area contributed by atoms with Crippen LogP contribution in [0.15, 0.2) is 36.4 Å². The molecule has 1 aliphatic heterocycles. The van der Waals surface area contributed by atoms with E-state index in [1.165, 1.54) is 23.3 Å². The Kier molecular flexibility index (Phi) is 3.28. The van der Waals surface area contributed by atoms with Crippen LogP contribution in [0.25, 0.3) is 0 Å². The van der Waals surface area contributed by atoms with Gasteiger partial charge in [0.1, 0.15) is 23.6 Å². The third kappa shape index (κ3) is 2.11. The van der Waals surface area contributed by atoms with Gasteiger partial charge in [0, 0.05) is 0 Å². The predicted molar refractivity (Wildman–Crippen MR) is 75.2 cm³/mol. The van der Waals surface area contributed by atoms with Crippen LogP contribution in [0.3, 0.4) is 0 Å². The lowest BCUT2D eigenvalue weighted by atomic mass is 10.1. The molecular formula is C14H8Cl2FNO2. The molecule has 1 heterocycles. The number of benzene rings is 2. The number of halogens is 3. The zero-order chi connectivity index (χ0) is 14.3. The van der Waals surface area contributed by atoms with Crippen molar-refractivity contribution < 1.29 is 14.0 Å². The minimum atomic E-state index is -0.600. The van der Waals surface area contributed by atoms with E-state index in [0.717, 1.165) is 0 Å². The van der Waals surface area contributed by atoms with Crippen molar-refractivity contribution in [2.45, 2.75) is 0 Å². The number of hydroxylamine groups is 1. The summed E-state index contributed by atoms with van der Waals surface area (Å²) in [6.07, 6.45) is 0. The van der Waals surface area contributed by atoms with Gasteiger partial charge in [-0.05, 0) is 24.3 Å². The van der Waals surface area contributed by atoms with Crippen molar-refractivity contribution in [3.05, 3.63) is 57.8 Å². The van der Waals surface area contributed by atoms with Gasteiger partial charge in [-0.15, -0.1) is 0 Å². The third-order valence-electron chi connectivity index (χ3n) is 2.94. The number of hydrogen-bond donors (Lipinski definition) is 0. The van der Waals surface area contributed by atoms with Crippen LogP contribution in [-0.4, -0.2) is 12.3 Å². The van der Waals surface area contributed by atoms with E-state index in [-0.39, 0.29) is 23.6 Å². The first kappa shape index (κ1) is 13.2. The normalized spacial score (nSPS) is 13.9. The zero-order valence-corrected chi connectivity index (χ0v) is 11.6. The summed E-state index contributed by atoms with van der Waals surface area (Å²) < 4.78 is 13.6. The second-order valence-electron chi connectivity index (χ2n) is 4.23. The number of para-hydroxylation sites is 1. The molecule has 0 bridgehead atoms. The number of rotatable bonds is 1. The molecule has 0 saturated heterocycles. The van der Waals surface area contributed by atoms with Gasteiger partial charge < -0.3 is 4.84 Å². The number of anilines is 1. The van der Waals surface area contributed by atoms with E-state index in [1.807, 2.05) is 0 Å². The number of carbonyl (C=O) groups is 1. The predicted octanol–water partition coefficient (Wildman–Crippen LogP) is 4.13. The van der Waals surface area contributed by atoms with E-state index in [0.29, 0.717) is 15.7 Å². The van der Waals surface area contributed by atoms with Crippen molar-refractivity contribution in [3.63, 3.8) is 0 Å². The highest BCUT2D eigenvalue weighted by Gasteiger charge is 2.30. The molecular weight excluding hydrogens is 304 g/mol. The van der Waals surface area contributed by atoms with Crippen LogP contribution in [0.5, 0.6) is 5.75 Å². The monoisotopic (exact) mass is 311 g/mol. The Balaban J connectivity index is 2.06. The standard InChI is InChI=1S/C14H8Cl2FNO2/c15-8-3-1-4-9(16)14(8)18-7-11(19)13-10(17)5-2-6-12(13)20-18/h1-6H,7H2. The summed E-state index contributed by atoms with van der Waals surface area (Å²) in [4.78, 5) is 17.6. The quantitative estimate of drug-likeness (QED) is 0.793. The molecule has 20 heavy (non-hydrogen) atoms. The summed E-state index contributed by atoms with van der Waals surface area (Å²) in [6.45, 7) is -0.155. The first-order chi connectivity index (χ1) is 9.58. The maximum absolute atomic E-state index is 13.6. The molecule has 0 atom stereocenters. The molecule has 3 nitrogen and oxygen atoms in total. The van der Waals surface area contributed by atoms with Crippen LogP contribution in [0.4, 0.5) is 10.1 Å². The number of fused-ring (bicyclic) bond motifs is 1. The molecule has 0 aliphatic carbocycles. The highest BCUT2D eigenvalue weighted by atomic mass is 35.5. The Morgan fingerprint density at radius 2 is 1.75 bits per heavy atom. The van der Waals surface area contributed by atoms with E-state index in [9.17, 15) is 9.18 Å². The fraction of sp³-hybridized carbons (Fsp3) is 0.0714. The Bertz CT molecular complexity index is 685. The number of nitrogens with zero attached hydrogens (tertiary/aromatic N) is 1. The molecule has 102 valence electrons. The second-order valence-corrected chi connectivity index (χ2v) is 5.05. The topological polar surface area (TPSA) is 29.5 Å². The maximum Gasteiger partial charge on any atom is 0.192 e. The Morgan fingerprint density at radius 1 is 1.10 bits per heavy atom. The summed E-state index contributed by atoms with van der Waals surface area (Å²) in [5.41, 5.74) is 0.339. The average molecular weight is 312 g/mol. The molecule has 0 radical (unpaired) electrons. The van der Waals surface area contributed by atoms with Gasteiger partial charge >= 0.3 is 0 Å². The van der Waals surface area contributed by atoms with Crippen LogP contribution < -0.4 is 9.90 Å². The highest BCUT2D eigenvalue weighted by molar-refractivity contribution is 6.39. The van der Waals surface area contributed by atoms with Gasteiger partial charge in [-0.25, -0.2) is 4.39 Å². The molecule has 0 aromatic heterocycles. The number of hydrogen-bond acceptors (Lipinski definition) is 3. The zero-order valence-electron chi connectivity index (χ0n) is 10.1. The van der Waals surface area contributed by atoms with Crippen molar-refractivity contribution in [1.82, 2.24) is 0 Å². The van der Waals surface area contributed by atoms with E-state index < -0.39 is 5.82 Å². The average Bonchev–Trinajstić information content (AvgIpc) is 2.38. The van der Waals surface area contributed by atoms with E-state index in [4.69, 9.17) is 28.0 Å². The minimum Gasteiger partial charge on any atom is -0.378 e. The molecule has 2 aromatic carbocycles. The number of Topliss-reactive ketones (excluding diaryl/α,β-unsaturated/α-hetero) is 1. The summed E-state index contributed by atoms with van der Waals surface area (Å²) >= 11 is 12.2. The van der Waals surface area contributed by atoms with Crippen LogP contribution >= 0.6 is 23.2 Å². The summed E-state index contributed by atoms with van der Waals surface area (Å²) in [7, 11) is 0. The Labute approximate surface area is 124 Å². The van der Waals surface area contributed by atoms with Crippen molar-refractivity contribution >= 4 is 34.7 Å². The lowest BCUT2D eigenvalue weighted by Crippen LogP contribution is -2.38. The second kappa shape index (κ2) is 4.96. The smallest absolute Gasteiger partial charge is 0.192 e. The molecule has 3 rings (SSSR count). The van der Waals surface area contributed by atoms with Crippen molar-refractivity contribution in [2.24, 2.45) is 0 Å². The van der Waals surface area contributed by atoms with Crippen molar-refractivity contribution in [1.29, 1.82) is 0 Å². The lowest BCUT2D eigenvalue weighted by Gasteiger charge is -2.30. The molecule has 2 aromatic rings. The molecule has 0 N–H and O–H groups in total. The van der Waals surface area contributed by atoms with Gasteiger partial charge in [0.05, 0.1) is 10.0 Å². The Morgan fingerprint density at radius 3 is 2.45 bits per heavy atom. The Hall–Kier alpha value is -1.78. The van der Waals surface area contributed by atoms with Gasteiger partial charge in [0.25, 0.3) is 0 Å². The van der Waals surface area contributed by atoms with Crippen molar-refractivity contribution in [3.8, 4) is 5.75 Å². The summed E-state index contributed by atoms with van der Waals surface area (Å²) in [6, 6.07) is 9.17. The largest absolute Gasteiger partial charge is 0.378 e. The van der Waals surface area contributed by atoms with Crippen LogP contribution in [-0.2, 0) is 0 Å². The van der Waals surface area contributed by atoms with Crippen LogP contribution in [0.1, 0.15) is 10.4 Å². The molecule has 0 amide bonds. The van der Waals surface area contributed by atoms with Crippen molar-refractivity contribution in [2.75, 3.05) is 11.6 Å². The molecule has 1 aliphatic rings. The fourth-order valence-electron chi connectivity index (χ4n) is 2.06. The van der Waals surface area contributed by atoms with Gasteiger partial charge in [0.15, 0.2) is 11.5 Å². The lowest BCUT2D eigenvalue weighted by molar-refractivity contribution is 0.0936. The van der Waals surface area contributed by atoms with Gasteiger partial charge in [-0.1, -0.05) is 35.3 Å². The summed E-state index contributed by atoms with van der Waals surface area (Å²) in [5.74, 6) is -0.838. The summed E-state index contributed by atoms with van der Waals surface area (Å²) in [5, 5.41) is 1.98. The van der Waals surface area contributed by atoms with E-state index in [1.54, 1.807) is 18.2 Å². The number of ketones is 1. The van der Waals surface area contributed by atoms with Gasteiger partial charge in [-0.3, -0.25) is 4.79 Å². The van der Waals surface area contributed by atoms with E-state index >= 15 is 0 Å². The van der Waals surface area contributed by atoms with Crippen LogP contribution in [0.2, 0.25) is 10.0 Å². The maximum atomic E-state index is 13.6. The molecule has 0 fully saturated rings. The fourth-order valence-corrected chi connectivity index (χ4v) is 2.65. The van der Waals surface area contributed by atoms with Gasteiger partial charge in [0.2, 0.25) is 0 Å². The minimum absolute atomic E-state index is 0.0491. The third-order valence-corrected chi connectivity index (χ3v) is 3.55. The first-order valence-corrected chi connectivity index (χ1v) is 6.55. The van der Waals surface area contributed by atoms with E-state index in [2.05, 4.69) is 0 Å².